The molecule has 0 saturated heterocycles. The summed E-state index contributed by atoms with van der Waals surface area (Å²) in [4.78, 5) is 7.04. The number of imidazole rings is 1. The molecule has 1 heterocycles. The lowest BCUT2D eigenvalue weighted by Crippen LogP contribution is -2.07. The number of nitrogens with zero attached hydrogens (tertiary/aromatic N) is 1. The average molecular weight is 297 g/mol. The number of hydrogen-bond donors (Lipinski definition) is 1. The summed E-state index contributed by atoms with van der Waals surface area (Å²) in [5, 5.41) is 0.398. The Balaban J connectivity index is 2.24. The molecule has 0 unspecified atom stereocenters. The molecule has 1 aromatic heterocycles. The molecule has 2 aromatic carbocycles. The first kappa shape index (κ1) is 13.0. The Hall–Kier alpha value is -2.01. The number of hydrogen-bond acceptors (Lipinski definition) is 1. The predicted molar refractivity (Wildman–Crippen MR) is 71.5 cm³/mol. The second-order valence-electron chi connectivity index (χ2n) is 4.26. The molecule has 0 aliphatic rings. The van der Waals surface area contributed by atoms with Gasteiger partial charge in [0.15, 0.2) is 0 Å². The van der Waals surface area contributed by atoms with Gasteiger partial charge in [-0.15, -0.1) is 0 Å². The molecule has 0 amide bonds. The monoisotopic (exact) mass is 296 g/mol. The van der Waals surface area contributed by atoms with E-state index in [0.29, 0.717) is 16.1 Å². The smallest absolute Gasteiger partial charge is 0.338 e. The highest BCUT2D eigenvalue weighted by molar-refractivity contribution is 6.35. The summed E-state index contributed by atoms with van der Waals surface area (Å²) in [6.45, 7) is 0. The minimum Gasteiger partial charge on any atom is -0.338 e. The summed E-state index contributed by atoms with van der Waals surface area (Å²) < 4.78 is 39.0. The number of para-hydroxylation sites is 1. The van der Waals surface area contributed by atoms with Gasteiger partial charge in [0.05, 0.1) is 16.1 Å². The van der Waals surface area contributed by atoms with Crippen LogP contribution >= 0.6 is 11.6 Å². The molecular formula is C14H8ClF3N2. The first-order valence-corrected chi connectivity index (χ1v) is 6.15. The van der Waals surface area contributed by atoms with Crippen molar-refractivity contribution in [2.45, 2.75) is 6.18 Å². The van der Waals surface area contributed by atoms with E-state index >= 15 is 0 Å². The molecule has 0 radical (unpaired) electrons. The van der Waals surface area contributed by atoms with Gasteiger partial charge >= 0.3 is 6.18 Å². The standard InChI is InChI=1S/C14H8ClF3N2/c15-10-6-3-7-11-12(10)20-13(19-11)8-4-1-2-5-9(8)14(16,17)18/h1-7H,(H,19,20). The minimum absolute atomic E-state index is 0.00673. The minimum atomic E-state index is -4.43. The molecule has 0 aliphatic heterocycles. The summed E-state index contributed by atoms with van der Waals surface area (Å²) in [6, 6.07) is 10.4. The molecule has 0 aliphatic carbocycles. The number of nitrogens with one attached hydrogen (secondary N) is 1. The molecular weight excluding hydrogens is 289 g/mol. The van der Waals surface area contributed by atoms with E-state index in [1.165, 1.54) is 12.1 Å². The molecule has 0 spiro atoms. The maximum atomic E-state index is 13.0. The molecule has 6 heteroatoms. The zero-order chi connectivity index (χ0) is 14.3. The van der Waals surface area contributed by atoms with Gasteiger partial charge in [-0.2, -0.15) is 13.2 Å². The number of benzene rings is 2. The summed E-state index contributed by atoms with van der Waals surface area (Å²) >= 11 is 5.98. The van der Waals surface area contributed by atoms with Gasteiger partial charge in [0, 0.05) is 5.56 Å². The second-order valence-corrected chi connectivity index (χ2v) is 4.67. The fourth-order valence-corrected chi connectivity index (χ4v) is 2.28. The van der Waals surface area contributed by atoms with E-state index in [9.17, 15) is 13.2 Å². The predicted octanol–water partition coefficient (Wildman–Crippen LogP) is 4.90. The SMILES string of the molecule is FC(F)(F)c1ccccc1-c1nc2c(Cl)cccc2[nH]1. The second kappa shape index (κ2) is 4.52. The van der Waals surface area contributed by atoms with Gasteiger partial charge in [-0.05, 0) is 18.2 Å². The third-order valence-corrected chi connectivity index (χ3v) is 3.26. The highest BCUT2D eigenvalue weighted by Gasteiger charge is 2.34. The van der Waals surface area contributed by atoms with Crippen molar-refractivity contribution in [2.75, 3.05) is 0 Å². The van der Waals surface area contributed by atoms with Crippen molar-refractivity contribution < 1.29 is 13.2 Å². The molecule has 1 N–H and O–H groups in total. The Kier molecular flexibility index (Phi) is 2.94. The van der Waals surface area contributed by atoms with Crippen LogP contribution in [0.4, 0.5) is 13.2 Å². The number of H-pyrrole nitrogens is 1. The van der Waals surface area contributed by atoms with Crippen LogP contribution in [0, 0.1) is 0 Å². The number of aromatic nitrogens is 2. The lowest BCUT2D eigenvalue weighted by atomic mass is 10.1. The number of alkyl halides is 3. The molecule has 3 rings (SSSR count). The van der Waals surface area contributed by atoms with E-state index in [2.05, 4.69) is 9.97 Å². The van der Waals surface area contributed by atoms with E-state index in [4.69, 9.17) is 11.6 Å². The van der Waals surface area contributed by atoms with Crippen molar-refractivity contribution >= 4 is 22.6 Å². The van der Waals surface area contributed by atoms with Crippen LogP contribution < -0.4 is 0 Å². The van der Waals surface area contributed by atoms with Crippen LogP contribution in [0.15, 0.2) is 42.5 Å². The number of fused-ring (bicyclic) bond motifs is 1. The fraction of sp³-hybridized carbons (Fsp3) is 0.0714. The molecule has 0 atom stereocenters. The molecule has 3 aromatic rings. The Labute approximate surface area is 117 Å². The summed E-state index contributed by atoms with van der Waals surface area (Å²) in [7, 11) is 0. The first-order valence-electron chi connectivity index (χ1n) is 5.77. The highest BCUT2D eigenvalue weighted by Crippen LogP contribution is 2.36. The normalized spacial score (nSPS) is 12.0. The van der Waals surface area contributed by atoms with E-state index in [0.717, 1.165) is 6.07 Å². The van der Waals surface area contributed by atoms with Crippen molar-refractivity contribution in [3.05, 3.63) is 53.1 Å². The molecule has 2 nitrogen and oxygen atoms in total. The Morgan fingerprint density at radius 3 is 2.45 bits per heavy atom. The van der Waals surface area contributed by atoms with Crippen molar-refractivity contribution in [3.8, 4) is 11.4 Å². The third-order valence-electron chi connectivity index (χ3n) is 2.95. The number of halogens is 4. The topological polar surface area (TPSA) is 28.7 Å². The van der Waals surface area contributed by atoms with E-state index in [-0.39, 0.29) is 11.4 Å². The Morgan fingerprint density at radius 2 is 1.75 bits per heavy atom. The quantitative estimate of drug-likeness (QED) is 0.679. The largest absolute Gasteiger partial charge is 0.417 e. The van der Waals surface area contributed by atoms with E-state index < -0.39 is 11.7 Å². The molecule has 0 bridgehead atoms. The van der Waals surface area contributed by atoms with Crippen LogP contribution in [0.1, 0.15) is 5.56 Å². The Morgan fingerprint density at radius 1 is 1.00 bits per heavy atom. The van der Waals surface area contributed by atoms with Crippen molar-refractivity contribution in [2.24, 2.45) is 0 Å². The van der Waals surface area contributed by atoms with Gasteiger partial charge in [0.25, 0.3) is 0 Å². The summed E-state index contributed by atoms with van der Waals surface area (Å²) in [5.41, 5.74) is 0.341. The first-order chi connectivity index (χ1) is 9.47. The van der Waals surface area contributed by atoms with Gasteiger partial charge in [0.2, 0.25) is 0 Å². The van der Waals surface area contributed by atoms with Gasteiger partial charge in [-0.1, -0.05) is 35.9 Å². The van der Waals surface area contributed by atoms with Crippen molar-refractivity contribution in [1.82, 2.24) is 9.97 Å². The Bertz CT molecular complexity index is 777. The van der Waals surface area contributed by atoms with Crippen LogP contribution in [-0.2, 0) is 6.18 Å². The number of aromatic amines is 1. The summed E-state index contributed by atoms with van der Waals surface area (Å²) in [5.74, 6) is 0.154. The van der Waals surface area contributed by atoms with Crippen LogP contribution in [0.2, 0.25) is 5.02 Å². The van der Waals surface area contributed by atoms with Crippen LogP contribution in [0.25, 0.3) is 22.4 Å². The van der Waals surface area contributed by atoms with Gasteiger partial charge < -0.3 is 4.98 Å². The molecule has 0 saturated carbocycles. The average Bonchev–Trinajstić information content (AvgIpc) is 2.83. The third kappa shape index (κ3) is 2.14. The fourth-order valence-electron chi connectivity index (χ4n) is 2.06. The maximum Gasteiger partial charge on any atom is 0.417 e. The van der Waals surface area contributed by atoms with E-state index in [1.807, 2.05) is 0 Å². The van der Waals surface area contributed by atoms with Crippen LogP contribution in [-0.4, -0.2) is 9.97 Å². The van der Waals surface area contributed by atoms with Crippen molar-refractivity contribution in [3.63, 3.8) is 0 Å². The molecule has 0 fully saturated rings. The summed E-state index contributed by atoms with van der Waals surface area (Å²) in [6.07, 6.45) is -4.43. The van der Waals surface area contributed by atoms with Gasteiger partial charge in [-0.25, -0.2) is 4.98 Å². The number of rotatable bonds is 1. The lowest BCUT2D eigenvalue weighted by molar-refractivity contribution is -0.137. The zero-order valence-electron chi connectivity index (χ0n) is 10.0. The maximum absolute atomic E-state index is 13.0. The van der Waals surface area contributed by atoms with Crippen LogP contribution in [0.5, 0.6) is 0 Å². The lowest BCUT2D eigenvalue weighted by Gasteiger charge is -2.10. The molecule has 102 valence electrons. The van der Waals surface area contributed by atoms with Crippen LogP contribution in [0.3, 0.4) is 0 Å². The zero-order valence-corrected chi connectivity index (χ0v) is 10.8. The van der Waals surface area contributed by atoms with E-state index in [1.54, 1.807) is 24.3 Å². The van der Waals surface area contributed by atoms with Crippen molar-refractivity contribution in [1.29, 1.82) is 0 Å². The van der Waals surface area contributed by atoms with Gasteiger partial charge in [-0.3, -0.25) is 0 Å². The van der Waals surface area contributed by atoms with Gasteiger partial charge in [0.1, 0.15) is 11.3 Å². The molecule has 20 heavy (non-hydrogen) atoms. The highest BCUT2D eigenvalue weighted by atomic mass is 35.5.